The van der Waals surface area contributed by atoms with Crippen LogP contribution in [0.15, 0.2) is 4.90 Å². The number of unbranched alkanes of at least 4 members (excludes halogenated alkanes) is 15. The summed E-state index contributed by atoms with van der Waals surface area (Å²) in [6, 6.07) is 0. The second-order valence-electron chi connectivity index (χ2n) is 9.97. The number of hydrogen-bond donors (Lipinski definition) is 2. The molecule has 0 atom stereocenters. The van der Waals surface area contributed by atoms with E-state index in [2.05, 4.69) is 6.92 Å². The zero-order chi connectivity index (χ0) is 25.4. The molecule has 206 valence electrons. The highest BCUT2D eigenvalue weighted by atomic mass is 32.2. The van der Waals surface area contributed by atoms with Gasteiger partial charge in [-0.1, -0.05) is 103 Å². The van der Waals surface area contributed by atoms with E-state index < -0.39 is 10.1 Å². The van der Waals surface area contributed by atoms with E-state index in [1.165, 1.54) is 89.9 Å². The third-order valence-electron chi connectivity index (χ3n) is 7.09. The van der Waals surface area contributed by atoms with Gasteiger partial charge in [0.15, 0.2) is 0 Å². The van der Waals surface area contributed by atoms with Crippen molar-refractivity contribution in [3.8, 4) is 5.75 Å². The maximum atomic E-state index is 12.0. The fraction of sp³-hybridized carbons (Fsp3) is 0.793. The van der Waals surface area contributed by atoms with Crippen molar-refractivity contribution in [2.45, 2.75) is 149 Å². The Morgan fingerprint density at radius 2 is 1.03 bits per heavy atom. The zero-order valence-corrected chi connectivity index (χ0v) is 24.3. The van der Waals surface area contributed by atoms with Crippen LogP contribution in [0.5, 0.6) is 5.75 Å². The number of benzene rings is 1. The van der Waals surface area contributed by atoms with E-state index in [1.807, 2.05) is 13.8 Å². The first-order valence-corrected chi connectivity index (χ1v) is 15.4. The first kappa shape index (κ1) is 33.9. The molecule has 0 fully saturated rings. The monoisotopic (exact) mass is 513 g/mol. The summed E-state index contributed by atoms with van der Waals surface area (Å²) in [7, 11) is -4.29. The summed E-state index contributed by atoms with van der Waals surface area (Å²) in [4.78, 5) is 0.0213. The lowest BCUT2D eigenvalue weighted by atomic mass is 9.93. The Labute approximate surface area is 217 Å². The van der Waals surface area contributed by atoms with Crippen molar-refractivity contribution >= 4 is 10.1 Å². The van der Waals surface area contributed by atoms with Gasteiger partial charge in [0.05, 0.1) is 6.61 Å². The van der Waals surface area contributed by atoms with E-state index in [-0.39, 0.29) is 11.0 Å². The van der Waals surface area contributed by atoms with Crippen LogP contribution in [0.25, 0.3) is 0 Å². The highest BCUT2D eigenvalue weighted by molar-refractivity contribution is 7.86. The molecule has 6 heteroatoms. The van der Waals surface area contributed by atoms with Gasteiger partial charge in [0.2, 0.25) is 0 Å². The summed E-state index contributed by atoms with van der Waals surface area (Å²) in [5.74, 6) is 0.604. The maximum absolute atomic E-state index is 12.0. The summed E-state index contributed by atoms with van der Waals surface area (Å²) in [5, 5.41) is 0. The Bertz CT molecular complexity index is 806. The van der Waals surface area contributed by atoms with Gasteiger partial charge in [-0.15, -0.1) is 0 Å². The normalized spacial score (nSPS) is 11.5. The third kappa shape index (κ3) is 12.6. The van der Waals surface area contributed by atoms with Crippen LogP contribution in [0.3, 0.4) is 0 Å². The van der Waals surface area contributed by atoms with Gasteiger partial charge in [-0.05, 0) is 57.2 Å². The minimum Gasteiger partial charge on any atom is -0.493 e. The number of ether oxygens (including phenoxy) is 1. The van der Waals surface area contributed by atoms with Gasteiger partial charge < -0.3 is 10.9 Å². The molecule has 0 heterocycles. The molecule has 0 aliphatic rings. The molecule has 1 aromatic carbocycles. The predicted octanol–water partition coefficient (Wildman–Crippen LogP) is 9.22. The van der Waals surface area contributed by atoms with Crippen molar-refractivity contribution in [2.75, 3.05) is 6.61 Å². The second kappa shape index (κ2) is 19.1. The van der Waals surface area contributed by atoms with Gasteiger partial charge in [0.1, 0.15) is 10.6 Å². The van der Waals surface area contributed by atoms with Crippen molar-refractivity contribution < 1.29 is 17.7 Å². The molecular formula is C29H55NO4S. The summed E-state index contributed by atoms with van der Waals surface area (Å²) in [5.41, 5.74) is 3.19. The lowest BCUT2D eigenvalue weighted by Crippen LogP contribution is -2.11. The average Bonchev–Trinajstić information content (AvgIpc) is 2.77. The van der Waals surface area contributed by atoms with Crippen molar-refractivity contribution in [1.29, 1.82) is 0 Å². The van der Waals surface area contributed by atoms with Crippen molar-refractivity contribution in [2.24, 2.45) is 0 Å². The molecule has 35 heavy (non-hydrogen) atoms. The van der Waals surface area contributed by atoms with Gasteiger partial charge in [-0.3, -0.25) is 4.55 Å². The lowest BCUT2D eigenvalue weighted by molar-refractivity contribution is 0.333. The molecular weight excluding hydrogens is 458 g/mol. The Balaban J connectivity index is 0.0000116. The fourth-order valence-electron chi connectivity index (χ4n) is 5.19. The van der Waals surface area contributed by atoms with Gasteiger partial charge >= 0.3 is 0 Å². The van der Waals surface area contributed by atoms with Crippen LogP contribution in [0.1, 0.15) is 139 Å². The maximum Gasteiger partial charge on any atom is 0.295 e. The smallest absolute Gasteiger partial charge is 0.295 e. The molecule has 4 N–H and O–H groups in total. The van der Waals surface area contributed by atoms with E-state index in [9.17, 15) is 13.0 Å². The van der Waals surface area contributed by atoms with E-state index in [4.69, 9.17) is 4.74 Å². The summed E-state index contributed by atoms with van der Waals surface area (Å²) in [6.45, 7) is 10.2. The van der Waals surface area contributed by atoms with Crippen LogP contribution in [0, 0.1) is 20.8 Å². The molecule has 0 saturated carbocycles. The largest absolute Gasteiger partial charge is 0.493 e. The predicted molar refractivity (Wildman–Crippen MR) is 150 cm³/mol. The highest BCUT2D eigenvalue weighted by Crippen LogP contribution is 2.36. The molecule has 0 aliphatic heterocycles. The van der Waals surface area contributed by atoms with Crippen molar-refractivity contribution in [3.63, 3.8) is 0 Å². The first-order valence-electron chi connectivity index (χ1n) is 14.0. The van der Waals surface area contributed by atoms with Crippen LogP contribution < -0.4 is 10.9 Å². The summed E-state index contributed by atoms with van der Waals surface area (Å²) in [6.07, 6.45) is 22.2. The Morgan fingerprint density at radius 1 is 0.629 bits per heavy atom. The Morgan fingerprint density at radius 3 is 1.40 bits per heavy atom. The first-order chi connectivity index (χ1) is 16.3. The van der Waals surface area contributed by atoms with Gasteiger partial charge in [0, 0.05) is 5.56 Å². The van der Waals surface area contributed by atoms with Gasteiger partial charge in [-0.25, -0.2) is 0 Å². The minimum absolute atomic E-state index is 0. The van der Waals surface area contributed by atoms with E-state index >= 15 is 0 Å². The lowest BCUT2D eigenvalue weighted by Gasteiger charge is -2.20. The molecule has 0 radical (unpaired) electrons. The molecule has 0 aromatic heterocycles. The molecule has 0 unspecified atom stereocenters. The third-order valence-corrected chi connectivity index (χ3v) is 8.22. The molecule has 0 amide bonds. The van der Waals surface area contributed by atoms with Crippen LogP contribution in [0.4, 0.5) is 0 Å². The molecule has 1 aromatic rings. The fourth-order valence-corrected chi connectivity index (χ4v) is 6.18. The molecule has 1 rings (SSSR count). The quantitative estimate of drug-likeness (QED) is 0.134. The van der Waals surface area contributed by atoms with Crippen LogP contribution in [-0.2, 0) is 16.5 Å². The van der Waals surface area contributed by atoms with Crippen LogP contribution in [-0.4, -0.2) is 19.6 Å². The number of rotatable bonds is 20. The van der Waals surface area contributed by atoms with E-state index in [0.717, 1.165) is 30.4 Å². The Hall–Kier alpha value is -1.11. The highest BCUT2D eigenvalue weighted by Gasteiger charge is 2.25. The zero-order valence-electron chi connectivity index (χ0n) is 23.5. The van der Waals surface area contributed by atoms with Crippen LogP contribution in [0.2, 0.25) is 0 Å². The molecule has 0 spiro atoms. The van der Waals surface area contributed by atoms with Crippen LogP contribution >= 0.6 is 0 Å². The molecule has 0 bridgehead atoms. The van der Waals surface area contributed by atoms with Crippen molar-refractivity contribution in [1.82, 2.24) is 6.15 Å². The van der Waals surface area contributed by atoms with Crippen molar-refractivity contribution in [3.05, 3.63) is 22.3 Å². The molecule has 5 nitrogen and oxygen atoms in total. The summed E-state index contributed by atoms with van der Waals surface area (Å²) < 4.78 is 39.6. The SMILES string of the molecule is CCCCCCCCCCCCCCCCCCc1c(C)c(OCC)c(C)c(S(=O)(=O)O)c1C.N. The topological polar surface area (TPSA) is 98.6 Å². The van der Waals surface area contributed by atoms with E-state index in [1.54, 1.807) is 13.8 Å². The minimum atomic E-state index is -4.29. The molecule has 0 saturated heterocycles. The Kier molecular flexibility index (Phi) is 18.5. The summed E-state index contributed by atoms with van der Waals surface area (Å²) >= 11 is 0. The van der Waals surface area contributed by atoms with Gasteiger partial charge in [0.25, 0.3) is 10.1 Å². The van der Waals surface area contributed by atoms with E-state index in [0.29, 0.717) is 23.5 Å². The van der Waals surface area contributed by atoms with Gasteiger partial charge in [-0.2, -0.15) is 8.42 Å². The number of hydrogen-bond acceptors (Lipinski definition) is 4. The molecule has 0 aliphatic carbocycles. The second-order valence-corrected chi connectivity index (χ2v) is 11.3. The average molecular weight is 514 g/mol. The standard InChI is InChI=1S/C29H52O4S.H3N/c1-6-8-9-10-11-12-13-14-15-16-17-18-19-20-21-22-23-27-24(3)28(33-7-2)26(5)29(25(27)4)34(30,31)32;/h6-23H2,1-5H3,(H,30,31,32);1H3.